The van der Waals surface area contributed by atoms with Gasteiger partial charge in [0.15, 0.2) is 0 Å². The van der Waals surface area contributed by atoms with Crippen LogP contribution in [0.1, 0.15) is 11.8 Å². The zero-order valence-corrected chi connectivity index (χ0v) is 18.3. The molecule has 9 heteroatoms. The maximum absolute atomic E-state index is 12.5. The SMILES string of the molecule is CC(C(=O)Nc1cccc(S(=O)(=O)N(C)C)c1)N(C)Cc1ccc(Br)s1. The largest absolute Gasteiger partial charge is 0.325 e. The minimum absolute atomic E-state index is 0.143. The third kappa shape index (κ3) is 5.14. The van der Waals surface area contributed by atoms with Gasteiger partial charge in [0.25, 0.3) is 0 Å². The summed E-state index contributed by atoms with van der Waals surface area (Å²) >= 11 is 5.06. The number of hydrogen-bond acceptors (Lipinski definition) is 5. The zero-order chi connectivity index (χ0) is 19.5. The van der Waals surface area contributed by atoms with E-state index in [1.165, 1.54) is 26.2 Å². The van der Waals surface area contributed by atoms with Gasteiger partial charge in [-0.3, -0.25) is 9.69 Å². The fourth-order valence-corrected chi connectivity index (χ4v) is 4.71. The van der Waals surface area contributed by atoms with Crippen molar-refractivity contribution >= 4 is 48.9 Å². The maximum Gasteiger partial charge on any atom is 0.242 e. The number of benzene rings is 1. The van der Waals surface area contributed by atoms with Gasteiger partial charge >= 0.3 is 0 Å². The number of rotatable bonds is 7. The molecule has 0 aliphatic rings. The van der Waals surface area contributed by atoms with Crippen molar-refractivity contribution < 1.29 is 13.2 Å². The van der Waals surface area contributed by atoms with Crippen LogP contribution in [-0.2, 0) is 21.4 Å². The quantitative estimate of drug-likeness (QED) is 0.689. The summed E-state index contributed by atoms with van der Waals surface area (Å²) in [6.45, 7) is 2.47. The average Bonchev–Trinajstić information content (AvgIpc) is 2.98. The standard InChI is InChI=1S/C17H22BrN3O3S2/c1-12(21(4)11-14-8-9-16(18)25-14)17(22)19-13-6-5-7-15(10-13)26(23,24)20(2)3/h5-10,12H,11H2,1-4H3,(H,19,22). The third-order valence-electron chi connectivity index (χ3n) is 3.95. The number of anilines is 1. The number of amides is 1. The maximum atomic E-state index is 12.5. The number of likely N-dealkylation sites (N-methyl/N-ethyl adjacent to an activating group) is 1. The van der Waals surface area contributed by atoms with E-state index in [1.54, 1.807) is 23.5 Å². The highest BCUT2D eigenvalue weighted by Crippen LogP contribution is 2.24. The molecule has 2 rings (SSSR count). The Morgan fingerprint density at radius 1 is 1.23 bits per heavy atom. The number of carbonyl (C=O) groups is 1. The fourth-order valence-electron chi connectivity index (χ4n) is 2.21. The number of hydrogen-bond donors (Lipinski definition) is 1. The van der Waals surface area contributed by atoms with Gasteiger partial charge in [-0.15, -0.1) is 11.3 Å². The van der Waals surface area contributed by atoms with E-state index >= 15 is 0 Å². The molecule has 0 fully saturated rings. The lowest BCUT2D eigenvalue weighted by atomic mass is 10.2. The van der Waals surface area contributed by atoms with Crippen molar-refractivity contribution in [3.05, 3.63) is 45.1 Å². The van der Waals surface area contributed by atoms with Crippen molar-refractivity contribution in [2.45, 2.75) is 24.4 Å². The normalized spacial score (nSPS) is 13.2. The lowest BCUT2D eigenvalue weighted by Gasteiger charge is -2.23. The summed E-state index contributed by atoms with van der Waals surface area (Å²) in [4.78, 5) is 15.8. The third-order valence-corrected chi connectivity index (χ3v) is 7.37. The predicted molar refractivity (Wildman–Crippen MR) is 109 cm³/mol. The van der Waals surface area contributed by atoms with Gasteiger partial charge in [0.1, 0.15) is 0 Å². The van der Waals surface area contributed by atoms with E-state index in [1.807, 2.05) is 31.0 Å². The number of halogens is 1. The number of nitrogens with one attached hydrogen (secondary N) is 1. The van der Waals surface area contributed by atoms with Crippen LogP contribution in [0.2, 0.25) is 0 Å². The first-order chi connectivity index (χ1) is 12.1. The summed E-state index contributed by atoms with van der Waals surface area (Å²) < 4.78 is 26.6. The molecule has 0 radical (unpaired) electrons. The Hall–Kier alpha value is -1.26. The Kier molecular flexibility index (Phi) is 6.98. The Morgan fingerprint density at radius 2 is 1.92 bits per heavy atom. The first-order valence-electron chi connectivity index (χ1n) is 7.89. The van der Waals surface area contributed by atoms with E-state index in [9.17, 15) is 13.2 Å². The molecule has 1 amide bonds. The van der Waals surface area contributed by atoms with Crippen LogP contribution < -0.4 is 5.32 Å². The zero-order valence-electron chi connectivity index (χ0n) is 15.1. The molecule has 26 heavy (non-hydrogen) atoms. The van der Waals surface area contributed by atoms with Crippen molar-refractivity contribution in [1.82, 2.24) is 9.21 Å². The van der Waals surface area contributed by atoms with E-state index in [2.05, 4.69) is 21.2 Å². The highest BCUT2D eigenvalue weighted by Gasteiger charge is 2.21. The van der Waals surface area contributed by atoms with Crippen LogP contribution in [0.15, 0.2) is 45.1 Å². The Balaban J connectivity index is 2.07. The molecular formula is C17H22BrN3O3S2. The molecule has 2 aromatic rings. The topological polar surface area (TPSA) is 69.7 Å². The predicted octanol–water partition coefficient (Wildman–Crippen LogP) is 3.22. The van der Waals surface area contributed by atoms with Crippen molar-refractivity contribution in [2.75, 3.05) is 26.5 Å². The van der Waals surface area contributed by atoms with Crippen LogP contribution in [0, 0.1) is 0 Å². The number of thiophene rings is 1. The van der Waals surface area contributed by atoms with E-state index in [-0.39, 0.29) is 16.8 Å². The van der Waals surface area contributed by atoms with Gasteiger partial charge in [0.05, 0.1) is 14.7 Å². The summed E-state index contributed by atoms with van der Waals surface area (Å²) in [7, 11) is 1.28. The number of nitrogens with zero attached hydrogens (tertiary/aromatic N) is 2. The molecule has 1 atom stereocenters. The van der Waals surface area contributed by atoms with Gasteiger partial charge in [-0.1, -0.05) is 6.07 Å². The smallest absolute Gasteiger partial charge is 0.242 e. The van der Waals surface area contributed by atoms with E-state index in [0.29, 0.717) is 12.2 Å². The van der Waals surface area contributed by atoms with Crippen molar-refractivity contribution in [2.24, 2.45) is 0 Å². The second-order valence-electron chi connectivity index (χ2n) is 6.10. The molecule has 0 saturated carbocycles. The number of sulfonamides is 1. The molecule has 142 valence electrons. The highest BCUT2D eigenvalue weighted by atomic mass is 79.9. The minimum Gasteiger partial charge on any atom is -0.325 e. The van der Waals surface area contributed by atoms with Crippen LogP contribution in [0.4, 0.5) is 5.69 Å². The summed E-state index contributed by atoms with van der Waals surface area (Å²) in [6.07, 6.45) is 0. The first kappa shape index (κ1) is 21.0. The molecule has 6 nitrogen and oxygen atoms in total. The number of carbonyl (C=O) groups excluding carboxylic acids is 1. The molecule has 0 bridgehead atoms. The highest BCUT2D eigenvalue weighted by molar-refractivity contribution is 9.11. The first-order valence-corrected chi connectivity index (χ1v) is 10.9. The Morgan fingerprint density at radius 3 is 2.50 bits per heavy atom. The monoisotopic (exact) mass is 459 g/mol. The fraction of sp³-hybridized carbons (Fsp3) is 0.353. The molecule has 1 aromatic carbocycles. The van der Waals surface area contributed by atoms with E-state index < -0.39 is 10.0 Å². The molecule has 1 N–H and O–H groups in total. The van der Waals surface area contributed by atoms with Gasteiger partial charge in [-0.05, 0) is 60.2 Å². The average molecular weight is 460 g/mol. The van der Waals surface area contributed by atoms with E-state index in [0.717, 1.165) is 13.0 Å². The molecular weight excluding hydrogens is 438 g/mol. The van der Waals surface area contributed by atoms with Gasteiger partial charge in [0, 0.05) is 31.2 Å². The van der Waals surface area contributed by atoms with Crippen LogP contribution in [-0.4, -0.2) is 50.7 Å². The van der Waals surface area contributed by atoms with Crippen LogP contribution >= 0.6 is 27.3 Å². The van der Waals surface area contributed by atoms with Crippen LogP contribution in [0.25, 0.3) is 0 Å². The second-order valence-corrected chi connectivity index (χ2v) is 10.8. The van der Waals surface area contributed by atoms with Gasteiger partial charge < -0.3 is 5.32 Å². The second kappa shape index (κ2) is 8.62. The minimum atomic E-state index is -3.54. The summed E-state index contributed by atoms with van der Waals surface area (Å²) in [5.41, 5.74) is 0.456. The molecule has 0 aliphatic carbocycles. The van der Waals surface area contributed by atoms with Crippen molar-refractivity contribution in [1.29, 1.82) is 0 Å². The Labute approximate surface area is 167 Å². The van der Waals surface area contributed by atoms with Gasteiger partial charge in [-0.25, -0.2) is 12.7 Å². The molecule has 0 aliphatic heterocycles. The molecule has 0 spiro atoms. The van der Waals surface area contributed by atoms with Gasteiger partial charge in [0.2, 0.25) is 15.9 Å². The van der Waals surface area contributed by atoms with Gasteiger partial charge in [-0.2, -0.15) is 0 Å². The van der Waals surface area contributed by atoms with E-state index in [4.69, 9.17) is 0 Å². The van der Waals surface area contributed by atoms with Crippen LogP contribution in [0.5, 0.6) is 0 Å². The summed E-state index contributed by atoms with van der Waals surface area (Å²) in [6, 6.07) is 9.90. The summed E-state index contributed by atoms with van der Waals surface area (Å²) in [5.74, 6) is -0.192. The lowest BCUT2D eigenvalue weighted by Crippen LogP contribution is -2.39. The summed E-state index contributed by atoms with van der Waals surface area (Å²) in [5, 5.41) is 2.80. The molecule has 1 heterocycles. The van der Waals surface area contributed by atoms with Crippen LogP contribution in [0.3, 0.4) is 0 Å². The molecule has 1 unspecified atom stereocenters. The molecule has 1 aromatic heterocycles. The van der Waals surface area contributed by atoms with Crippen molar-refractivity contribution in [3.8, 4) is 0 Å². The molecule has 0 saturated heterocycles. The Bertz CT molecular complexity index is 881. The van der Waals surface area contributed by atoms with Crippen molar-refractivity contribution in [3.63, 3.8) is 0 Å². The lowest BCUT2D eigenvalue weighted by molar-refractivity contribution is -0.120.